The van der Waals surface area contributed by atoms with E-state index in [0.717, 1.165) is 13.0 Å². The monoisotopic (exact) mass is 231 g/mol. The fourth-order valence-electron chi connectivity index (χ4n) is 2.24. The zero-order valence-corrected chi connectivity index (χ0v) is 10.7. The maximum atomic E-state index is 5.41. The fourth-order valence-corrected chi connectivity index (χ4v) is 2.24. The van der Waals surface area contributed by atoms with Crippen LogP contribution in [0.5, 0.6) is 0 Å². The van der Waals surface area contributed by atoms with E-state index in [2.05, 4.69) is 5.32 Å². The van der Waals surface area contributed by atoms with Gasteiger partial charge in [-0.05, 0) is 25.7 Å². The molecule has 1 fully saturated rings. The summed E-state index contributed by atoms with van der Waals surface area (Å²) in [5, 5.41) is 3.54. The Morgan fingerprint density at radius 1 is 1.25 bits per heavy atom. The summed E-state index contributed by atoms with van der Waals surface area (Å²) in [6.07, 6.45) is 5.37. The summed E-state index contributed by atoms with van der Waals surface area (Å²) in [5.41, 5.74) is 0. The molecule has 4 heteroatoms. The molecule has 1 aliphatic carbocycles. The molecule has 4 nitrogen and oxygen atoms in total. The lowest BCUT2D eigenvalue weighted by atomic mass is 9.93. The first-order valence-corrected chi connectivity index (χ1v) is 6.08. The quantitative estimate of drug-likeness (QED) is 0.714. The third-order valence-electron chi connectivity index (χ3n) is 3.28. The Morgan fingerprint density at radius 3 is 2.69 bits per heavy atom. The van der Waals surface area contributed by atoms with Crippen molar-refractivity contribution in [3.63, 3.8) is 0 Å². The lowest BCUT2D eigenvalue weighted by molar-refractivity contribution is 0.0210. The minimum absolute atomic E-state index is 0.146. The van der Waals surface area contributed by atoms with Crippen molar-refractivity contribution in [2.24, 2.45) is 0 Å². The Kier molecular flexibility index (Phi) is 6.96. The molecule has 16 heavy (non-hydrogen) atoms. The molecule has 1 rings (SSSR count). The van der Waals surface area contributed by atoms with Crippen LogP contribution >= 0.6 is 0 Å². The Balaban J connectivity index is 2.20. The normalized spacial score (nSPS) is 27.9. The van der Waals surface area contributed by atoms with Crippen molar-refractivity contribution in [2.75, 3.05) is 34.5 Å². The first kappa shape index (κ1) is 13.9. The Morgan fingerprint density at radius 2 is 2.06 bits per heavy atom. The van der Waals surface area contributed by atoms with Crippen molar-refractivity contribution in [2.45, 2.75) is 43.9 Å². The van der Waals surface area contributed by atoms with E-state index in [9.17, 15) is 0 Å². The molecule has 96 valence electrons. The molecular formula is C12H25NO3. The van der Waals surface area contributed by atoms with E-state index in [1.807, 2.05) is 0 Å². The van der Waals surface area contributed by atoms with E-state index in [1.165, 1.54) is 19.3 Å². The van der Waals surface area contributed by atoms with Crippen molar-refractivity contribution in [3.05, 3.63) is 0 Å². The van der Waals surface area contributed by atoms with Crippen LogP contribution < -0.4 is 5.32 Å². The van der Waals surface area contributed by atoms with Gasteiger partial charge in [-0.2, -0.15) is 0 Å². The van der Waals surface area contributed by atoms with Crippen molar-refractivity contribution in [3.8, 4) is 0 Å². The van der Waals surface area contributed by atoms with Crippen molar-refractivity contribution >= 4 is 0 Å². The Bertz CT molecular complexity index is 178. The zero-order chi connectivity index (χ0) is 11.8. The van der Waals surface area contributed by atoms with Gasteiger partial charge < -0.3 is 19.5 Å². The second-order valence-corrected chi connectivity index (χ2v) is 4.44. The van der Waals surface area contributed by atoms with Gasteiger partial charge in [-0.3, -0.25) is 0 Å². The molecule has 0 radical (unpaired) electrons. The van der Waals surface area contributed by atoms with E-state index in [-0.39, 0.29) is 6.10 Å². The van der Waals surface area contributed by atoms with Gasteiger partial charge in [0.25, 0.3) is 0 Å². The summed E-state index contributed by atoms with van der Waals surface area (Å²) in [6, 6.07) is 0.563. The van der Waals surface area contributed by atoms with E-state index >= 15 is 0 Å². The van der Waals surface area contributed by atoms with E-state index in [4.69, 9.17) is 14.2 Å². The Labute approximate surface area is 98.6 Å². The number of rotatable bonds is 7. The second kappa shape index (κ2) is 8.01. The topological polar surface area (TPSA) is 39.7 Å². The SMILES string of the molecule is COCC(CNC1CCCC(OC)C1)OC. The van der Waals surface area contributed by atoms with Gasteiger partial charge in [0.05, 0.1) is 18.8 Å². The minimum atomic E-state index is 0.146. The lowest BCUT2D eigenvalue weighted by Gasteiger charge is -2.30. The van der Waals surface area contributed by atoms with Crippen LogP contribution in [0.3, 0.4) is 0 Å². The van der Waals surface area contributed by atoms with Gasteiger partial charge in [0, 0.05) is 33.9 Å². The van der Waals surface area contributed by atoms with Gasteiger partial charge in [-0.25, -0.2) is 0 Å². The highest BCUT2D eigenvalue weighted by molar-refractivity contribution is 4.79. The van der Waals surface area contributed by atoms with Crippen LogP contribution in [0.4, 0.5) is 0 Å². The van der Waals surface area contributed by atoms with Gasteiger partial charge in [-0.1, -0.05) is 0 Å². The molecule has 0 saturated heterocycles. The molecule has 3 unspecified atom stereocenters. The molecule has 0 spiro atoms. The molecule has 3 atom stereocenters. The average Bonchev–Trinajstić information content (AvgIpc) is 2.34. The minimum Gasteiger partial charge on any atom is -0.382 e. The van der Waals surface area contributed by atoms with Crippen molar-refractivity contribution in [1.29, 1.82) is 0 Å². The van der Waals surface area contributed by atoms with Gasteiger partial charge in [0.1, 0.15) is 0 Å². The summed E-state index contributed by atoms with van der Waals surface area (Å²) < 4.78 is 15.8. The largest absolute Gasteiger partial charge is 0.382 e. The first-order chi connectivity index (χ1) is 7.80. The summed E-state index contributed by atoms with van der Waals surface area (Å²) in [6.45, 7) is 1.50. The Hall–Kier alpha value is -0.160. The number of nitrogens with one attached hydrogen (secondary N) is 1. The van der Waals surface area contributed by atoms with Crippen LogP contribution in [-0.4, -0.2) is 52.7 Å². The van der Waals surface area contributed by atoms with Crippen molar-refractivity contribution in [1.82, 2.24) is 5.32 Å². The summed E-state index contributed by atoms with van der Waals surface area (Å²) in [4.78, 5) is 0. The summed E-state index contributed by atoms with van der Waals surface area (Å²) in [7, 11) is 5.23. The first-order valence-electron chi connectivity index (χ1n) is 6.08. The molecule has 0 heterocycles. The van der Waals surface area contributed by atoms with Crippen LogP contribution in [-0.2, 0) is 14.2 Å². The van der Waals surface area contributed by atoms with Gasteiger partial charge in [-0.15, -0.1) is 0 Å². The third kappa shape index (κ3) is 4.78. The van der Waals surface area contributed by atoms with Crippen LogP contribution in [0.1, 0.15) is 25.7 Å². The molecule has 1 saturated carbocycles. The number of hydrogen-bond acceptors (Lipinski definition) is 4. The standard InChI is InChI=1S/C12H25NO3/c1-14-9-12(16-3)8-13-10-5-4-6-11(7-10)15-2/h10-13H,4-9H2,1-3H3. The summed E-state index contributed by atoms with van der Waals surface area (Å²) >= 11 is 0. The average molecular weight is 231 g/mol. The maximum Gasteiger partial charge on any atom is 0.0928 e. The molecule has 1 N–H and O–H groups in total. The second-order valence-electron chi connectivity index (χ2n) is 4.44. The molecule has 0 aromatic rings. The molecule has 0 bridgehead atoms. The smallest absolute Gasteiger partial charge is 0.0928 e. The molecule has 0 aromatic heterocycles. The van der Waals surface area contributed by atoms with E-state index < -0.39 is 0 Å². The van der Waals surface area contributed by atoms with Crippen LogP contribution in [0.2, 0.25) is 0 Å². The highest BCUT2D eigenvalue weighted by Gasteiger charge is 2.21. The predicted octanol–water partition coefficient (Wildman–Crippen LogP) is 1.19. The number of ether oxygens (including phenoxy) is 3. The lowest BCUT2D eigenvalue weighted by Crippen LogP contribution is -2.42. The highest BCUT2D eigenvalue weighted by Crippen LogP contribution is 2.20. The third-order valence-corrected chi connectivity index (χ3v) is 3.28. The number of hydrogen-bond donors (Lipinski definition) is 1. The van der Waals surface area contributed by atoms with Crippen LogP contribution in [0.25, 0.3) is 0 Å². The van der Waals surface area contributed by atoms with E-state index in [1.54, 1.807) is 21.3 Å². The fraction of sp³-hybridized carbons (Fsp3) is 1.00. The molecule has 0 aliphatic heterocycles. The molecular weight excluding hydrogens is 206 g/mol. The van der Waals surface area contributed by atoms with Crippen molar-refractivity contribution < 1.29 is 14.2 Å². The molecule has 0 aromatic carbocycles. The molecule has 0 amide bonds. The zero-order valence-electron chi connectivity index (χ0n) is 10.7. The van der Waals surface area contributed by atoms with Crippen LogP contribution in [0, 0.1) is 0 Å². The number of methoxy groups -OCH3 is 3. The maximum absolute atomic E-state index is 5.41. The molecule has 1 aliphatic rings. The summed E-state index contributed by atoms with van der Waals surface area (Å²) in [5.74, 6) is 0. The van der Waals surface area contributed by atoms with E-state index in [0.29, 0.717) is 18.8 Å². The predicted molar refractivity (Wildman–Crippen MR) is 63.7 cm³/mol. The van der Waals surface area contributed by atoms with Gasteiger partial charge in [0.2, 0.25) is 0 Å². The highest BCUT2D eigenvalue weighted by atomic mass is 16.5. The van der Waals surface area contributed by atoms with Gasteiger partial charge in [0.15, 0.2) is 0 Å². The van der Waals surface area contributed by atoms with Crippen LogP contribution in [0.15, 0.2) is 0 Å². The van der Waals surface area contributed by atoms with Gasteiger partial charge >= 0.3 is 0 Å².